The van der Waals surface area contributed by atoms with Gasteiger partial charge in [-0.15, -0.1) is 0 Å². The van der Waals surface area contributed by atoms with Crippen molar-refractivity contribution in [2.45, 2.75) is 32.4 Å². The Kier molecular flexibility index (Phi) is 7.50. The van der Waals surface area contributed by atoms with E-state index in [-0.39, 0.29) is 24.3 Å². The van der Waals surface area contributed by atoms with Gasteiger partial charge in [-0.25, -0.2) is 0 Å². The molecule has 2 unspecified atom stereocenters. The zero-order valence-electron chi connectivity index (χ0n) is 14.4. The molecule has 0 aromatic heterocycles. The summed E-state index contributed by atoms with van der Waals surface area (Å²) in [5, 5.41) is 6.77. The molecule has 2 rings (SSSR count). The Labute approximate surface area is 171 Å². The van der Waals surface area contributed by atoms with Crippen molar-refractivity contribution in [3.05, 3.63) is 68.1 Å². The molecular weight excluding hydrogens is 439 g/mol. The molecule has 2 amide bonds. The van der Waals surface area contributed by atoms with Gasteiger partial charge in [0.05, 0.1) is 18.5 Å². The molecular formula is C19H19BrCl2N2O2. The van der Waals surface area contributed by atoms with E-state index in [1.54, 1.807) is 18.2 Å². The van der Waals surface area contributed by atoms with E-state index in [1.807, 2.05) is 31.2 Å². The van der Waals surface area contributed by atoms with Crippen molar-refractivity contribution in [3.63, 3.8) is 0 Å². The van der Waals surface area contributed by atoms with Gasteiger partial charge in [-0.3, -0.25) is 9.59 Å². The summed E-state index contributed by atoms with van der Waals surface area (Å²) in [5.74, 6) is -0.385. The highest BCUT2D eigenvalue weighted by Crippen LogP contribution is 2.26. The van der Waals surface area contributed by atoms with Crippen LogP contribution < -0.4 is 10.6 Å². The first-order valence-electron chi connectivity index (χ1n) is 8.03. The van der Waals surface area contributed by atoms with Crippen molar-refractivity contribution in [1.29, 1.82) is 0 Å². The van der Waals surface area contributed by atoms with Gasteiger partial charge in [-0.1, -0.05) is 57.3 Å². The van der Waals surface area contributed by atoms with Crippen LogP contribution in [0.5, 0.6) is 0 Å². The molecule has 4 nitrogen and oxygen atoms in total. The second-order valence-electron chi connectivity index (χ2n) is 5.96. The van der Waals surface area contributed by atoms with Crippen LogP contribution in [-0.4, -0.2) is 11.8 Å². The number of rotatable bonds is 6. The quantitative estimate of drug-likeness (QED) is 0.626. The molecule has 2 atom stereocenters. The Balaban J connectivity index is 2.08. The van der Waals surface area contributed by atoms with Crippen molar-refractivity contribution in [2.75, 3.05) is 0 Å². The van der Waals surface area contributed by atoms with Gasteiger partial charge in [0.25, 0.3) is 0 Å². The number of hydrogen-bond donors (Lipinski definition) is 2. The van der Waals surface area contributed by atoms with Crippen LogP contribution in [0.4, 0.5) is 0 Å². The molecule has 7 heteroatoms. The molecule has 0 saturated carbocycles. The minimum atomic E-state index is -0.409. The van der Waals surface area contributed by atoms with Crippen LogP contribution in [0.25, 0.3) is 0 Å². The largest absolute Gasteiger partial charge is 0.349 e. The third-order valence-corrected chi connectivity index (χ3v) is 4.94. The molecule has 0 bridgehead atoms. The number of carbonyl (C=O) groups excluding carboxylic acids is 2. The van der Waals surface area contributed by atoms with E-state index in [0.29, 0.717) is 10.0 Å². The number of carbonyl (C=O) groups is 2. The maximum Gasteiger partial charge on any atom is 0.222 e. The van der Waals surface area contributed by atoms with E-state index in [0.717, 1.165) is 15.6 Å². The van der Waals surface area contributed by atoms with Gasteiger partial charge < -0.3 is 10.6 Å². The van der Waals surface area contributed by atoms with E-state index < -0.39 is 6.04 Å². The molecule has 0 radical (unpaired) electrons. The van der Waals surface area contributed by atoms with Gasteiger partial charge in [0.1, 0.15) is 0 Å². The maximum atomic E-state index is 12.5. The summed E-state index contributed by atoms with van der Waals surface area (Å²) in [7, 11) is 0. The van der Waals surface area contributed by atoms with Crippen molar-refractivity contribution in [2.24, 2.45) is 0 Å². The zero-order chi connectivity index (χ0) is 19.3. The summed E-state index contributed by atoms with van der Waals surface area (Å²) in [6, 6.07) is 12.0. The fourth-order valence-electron chi connectivity index (χ4n) is 2.61. The molecule has 138 valence electrons. The Morgan fingerprint density at radius 3 is 2.31 bits per heavy atom. The predicted octanol–water partition coefficient (Wildman–Crippen LogP) is 5.20. The Morgan fingerprint density at radius 2 is 1.73 bits per heavy atom. The number of nitrogens with one attached hydrogen (secondary N) is 2. The van der Waals surface area contributed by atoms with E-state index in [9.17, 15) is 9.59 Å². The van der Waals surface area contributed by atoms with Crippen molar-refractivity contribution >= 4 is 50.9 Å². The van der Waals surface area contributed by atoms with E-state index in [1.165, 1.54) is 6.92 Å². The normalized spacial score (nSPS) is 13.0. The van der Waals surface area contributed by atoms with Crippen LogP contribution in [0, 0.1) is 0 Å². The highest BCUT2D eigenvalue weighted by Gasteiger charge is 2.19. The molecule has 0 aliphatic rings. The fourth-order valence-corrected chi connectivity index (χ4v) is 3.45. The Hall–Kier alpha value is -1.56. The van der Waals surface area contributed by atoms with Crippen molar-refractivity contribution in [3.8, 4) is 0 Å². The van der Waals surface area contributed by atoms with Crippen molar-refractivity contribution in [1.82, 2.24) is 10.6 Å². The SMILES string of the molecule is CC(=O)NC(CC(=O)NC(C)c1ccc(Cl)cc1Cl)c1ccc(Br)cc1. The van der Waals surface area contributed by atoms with Crippen LogP contribution in [0.1, 0.15) is 43.5 Å². The molecule has 2 aromatic rings. The lowest BCUT2D eigenvalue weighted by Gasteiger charge is -2.21. The van der Waals surface area contributed by atoms with Crippen LogP contribution in [0.2, 0.25) is 10.0 Å². The zero-order valence-corrected chi connectivity index (χ0v) is 17.5. The number of hydrogen-bond acceptors (Lipinski definition) is 2. The van der Waals surface area contributed by atoms with Gasteiger partial charge in [0.2, 0.25) is 11.8 Å². The molecule has 0 saturated heterocycles. The minimum absolute atomic E-state index is 0.122. The summed E-state index contributed by atoms with van der Waals surface area (Å²) in [6.45, 7) is 3.28. The summed E-state index contributed by atoms with van der Waals surface area (Å²) >= 11 is 15.5. The van der Waals surface area contributed by atoms with Crippen LogP contribution in [0.15, 0.2) is 46.9 Å². The van der Waals surface area contributed by atoms with Gasteiger partial charge in [-0.2, -0.15) is 0 Å². The standard InChI is InChI=1S/C19H19BrCl2N2O2/c1-11(16-8-7-15(21)9-17(16)22)23-19(26)10-18(24-12(2)25)13-3-5-14(20)6-4-13/h3-9,11,18H,10H2,1-2H3,(H,23,26)(H,24,25). The maximum absolute atomic E-state index is 12.5. The first kappa shape index (κ1) is 20.7. The Bertz CT molecular complexity index is 797. The molecule has 0 spiro atoms. The average molecular weight is 458 g/mol. The summed E-state index contributed by atoms with van der Waals surface area (Å²) in [6.07, 6.45) is 0.122. The molecule has 2 aromatic carbocycles. The third kappa shape index (κ3) is 6.01. The molecule has 0 heterocycles. The van der Waals surface area contributed by atoms with E-state index >= 15 is 0 Å². The number of benzene rings is 2. The molecule has 0 fully saturated rings. The Morgan fingerprint density at radius 1 is 1.08 bits per heavy atom. The lowest BCUT2D eigenvalue weighted by atomic mass is 10.0. The van der Waals surface area contributed by atoms with Gasteiger partial charge in [0.15, 0.2) is 0 Å². The fraction of sp³-hybridized carbons (Fsp3) is 0.263. The summed E-state index contributed by atoms with van der Waals surface area (Å²) in [5.41, 5.74) is 1.64. The first-order valence-corrected chi connectivity index (χ1v) is 9.58. The first-order chi connectivity index (χ1) is 12.3. The minimum Gasteiger partial charge on any atom is -0.349 e. The van der Waals surface area contributed by atoms with Crippen LogP contribution in [-0.2, 0) is 9.59 Å². The smallest absolute Gasteiger partial charge is 0.222 e. The lowest BCUT2D eigenvalue weighted by molar-refractivity contribution is -0.123. The van der Waals surface area contributed by atoms with Gasteiger partial charge >= 0.3 is 0 Å². The van der Waals surface area contributed by atoms with Crippen LogP contribution in [0.3, 0.4) is 0 Å². The van der Waals surface area contributed by atoms with Crippen molar-refractivity contribution < 1.29 is 9.59 Å². The monoisotopic (exact) mass is 456 g/mol. The topological polar surface area (TPSA) is 58.2 Å². The highest BCUT2D eigenvalue weighted by molar-refractivity contribution is 9.10. The van der Waals surface area contributed by atoms with Crippen LogP contribution >= 0.6 is 39.1 Å². The van der Waals surface area contributed by atoms with Gasteiger partial charge in [0, 0.05) is 21.4 Å². The molecule has 0 aliphatic carbocycles. The second-order valence-corrected chi connectivity index (χ2v) is 7.72. The lowest BCUT2D eigenvalue weighted by Crippen LogP contribution is -2.33. The highest BCUT2D eigenvalue weighted by atomic mass is 79.9. The van der Waals surface area contributed by atoms with E-state index in [2.05, 4.69) is 26.6 Å². The van der Waals surface area contributed by atoms with E-state index in [4.69, 9.17) is 23.2 Å². The molecule has 26 heavy (non-hydrogen) atoms. The number of amides is 2. The molecule has 0 aliphatic heterocycles. The third-order valence-electron chi connectivity index (χ3n) is 3.85. The second kappa shape index (κ2) is 9.40. The van der Waals surface area contributed by atoms with Gasteiger partial charge in [-0.05, 0) is 42.3 Å². The average Bonchev–Trinajstić information content (AvgIpc) is 2.54. The number of halogens is 3. The predicted molar refractivity (Wildman–Crippen MR) is 108 cm³/mol. The summed E-state index contributed by atoms with van der Waals surface area (Å²) < 4.78 is 0.929. The summed E-state index contributed by atoms with van der Waals surface area (Å²) in [4.78, 5) is 24.0. The molecule has 2 N–H and O–H groups in total.